The van der Waals surface area contributed by atoms with Gasteiger partial charge in [-0.25, -0.2) is 9.67 Å². The second-order valence-corrected chi connectivity index (χ2v) is 7.01. The van der Waals surface area contributed by atoms with Gasteiger partial charge in [0.1, 0.15) is 5.01 Å². The average Bonchev–Trinajstić information content (AvgIpc) is 3.02. The van der Waals surface area contributed by atoms with Crippen molar-refractivity contribution in [3.8, 4) is 0 Å². The van der Waals surface area contributed by atoms with Crippen molar-refractivity contribution < 1.29 is 4.79 Å². The van der Waals surface area contributed by atoms with E-state index in [1.807, 2.05) is 10.1 Å². The van der Waals surface area contributed by atoms with Crippen molar-refractivity contribution in [1.29, 1.82) is 0 Å². The standard InChI is InChI=1S/C12H16N6OS2/c1-17(2)11(19)5-10-13-8(6-20-10)7-21-12-14-15-16-18(12)9-3-4-9/h6,9H,3-5,7H2,1-2H3. The van der Waals surface area contributed by atoms with Crippen molar-refractivity contribution in [3.05, 3.63) is 16.1 Å². The molecule has 0 aliphatic heterocycles. The van der Waals surface area contributed by atoms with E-state index < -0.39 is 0 Å². The predicted molar refractivity (Wildman–Crippen MR) is 80.2 cm³/mol. The van der Waals surface area contributed by atoms with Crippen LogP contribution >= 0.6 is 23.1 Å². The maximum Gasteiger partial charge on any atom is 0.228 e. The Morgan fingerprint density at radius 2 is 2.33 bits per heavy atom. The maximum atomic E-state index is 11.7. The molecule has 7 nitrogen and oxygen atoms in total. The van der Waals surface area contributed by atoms with Gasteiger partial charge in [0.25, 0.3) is 0 Å². The number of amides is 1. The Labute approximate surface area is 130 Å². The molecule has 1 fully saturated rings. The smallest absolute Gasteiger partial charge is 0.228 e. The van der Waals surface area contributed by atoms with E-state index in [0.29, 0.717) is 12.5 Å². The molecule has 1 aliphatic carbocycles. The fourth-order valence-corrected chi connectivity index (χ4v) is 3.48. The van der Waals surface area contributed by atoms with Crippen LogP contribution in [0.4, 0.5) is 0 Å². The second kappa shape index (κ2) is 6.10. The Bertz CT molecular complexity index is 633. The number of carbonyl (C=O) groups excluding carboxylic acids is 1. The number of tetrazole rings is 1. The molecule has 112 valence electrons. The van der Waals surface area contributed by atoms with Crippen molar-refractivity contribution in [1.82, 2.24) is 30.1 Å². The molecule has 21 heavy (non-hydrogen) atoms. The van der Waals surface area contributed by atoms with Crippen LogP contribution in [0, 0.1) is 0 Å². The third-order valence-corrected chi connectivity index (χ3v) is 4.97. The van der Waals surface area contributed by atoms with Crippen LogP contribution in [0.3, 0.4) is 0 Å². The lowest BCUT2D eigenvalue weighted by Gasteiger charge is -2.07. The summed E-state index contributed by atoms with van der Waals surface area (Å²) in [5.74, 6) is 0.793. The van der Waals surface area contributed by atoms with Crippen molar-refractivity contribution in [2.75, 3.05) is 14.1 Å². The van der Waals surface area contributed by atoms with Crippen molar-refractivity contribution in [3.63, 3.8) is 0 Å². The highest BCUT2D eigenvalue weighted by molar-refractivity contribution is 7.98. The van der Waals surface area contributed by atoms with Crippen LogP contribution in [0.15, 0.2) is 10.5 Å². The van der Waals surface area contributed by atoms with Crippen LogP contribution in [0.1, 0.15) is 29.6 Å². The van der Waals surface area contributed by atoms with Gasteiger partial charge < -0.3 is 4.90 Å². The Morgan fingerprint density at radius 3 is 3.05 bits per heavy atom. The van der Waals surface area contributed by atoms with E-state index in [2.05, 4.69) is 20.5 Å². The largest absolute Gasteiger partial charge is 0.348 e. The number of carbonyl (C=O) groups is 1. The first-order chi connectivity index (χ1) is 10.1. The van der Waals surface area contributed by atoms with Crippen molar-refractivity contribution in [2.45, 2.75) is 36.2 Å². The first kappa shape index (κ1) is 14.5. The van der Waals surface area contributed by atoms with Gasteiger partial charge in [0.05, 0.1) is 18.2 Å². The molecule has 2 heterocycles. The highest BCUT2D eigenvalue weighted by atomic mass is 32.2. The molecule has 0 saturated heterocycles. The third-order valence-electron chi connectivity index (χ3n) is 3.11. The van der Waals surface area contributed by atoms with Crippen LogP contribution in [0.5, 0.6) is 0 Å². The van der Waals surface area contributed by atoms with Gasteiger partial charge in [0, 0.05) is 25.2 Å². The number of likely N-dealkylation sites (N-methyl/N-ethyl adjacent to an activating group) is 1. The Balaban J connectivity index is 1.57. The molecular weight excluding hydrogens is 308 g/mol. The average molecular weight is 324 g/mol. The lowest BCUT2D eigenvalue weighted by atomic mass is 10.4. The number of nitrogens with zero attached hydrogens (tertiary/aromatic N) is 6. The van der Waals surface area contributed by atoms with Gasteiger partial charge >= 0.3 is 0 Å². The Morgan fingerprint density at radius 1 is 1.52 bits per heavy atom. The first-order valence-corrected chi connectivity index (χ1v) is 8.54. The fraction of sp³-hybridized carbons (Fsp3) is 0.583. The summed E-state index contributed by atoms with van der Waals surface area (Å²) in [7, 11) is 3.51. The highest BCUT2D eigenvalue weighted by Crippen LogP contribution is 2.36. The molecular formula is C12H16N6OS2. The third kappa shape index (κ3) is 3.59. The molecule has 1 saturated carbocycles. The van der Waals surface area contributed by atoms with Gasteiger partial charge in [0.15, 0.2) is 0 Å². The Kier molecular flexibility index (Phi) is 4.20. The van der Waals surface area contributed by atoms with E-state index in [9.17, 15) is 4.79 Å². The van der Waals surface area contributed by atoms with Gasteiger partial charge in [-0.1, -0.05) is 11.8 Å². The van der Waals surface area contributed by atoms with Gasteiger partial charge in [-0.05, 0) is 23.3 Å². The van der Waals surface area contributed by atoms with Crippen LogP contribution < -0.4 is 0 Å². The second-order valence-electron chi connectivity index (χ2n) is 5.12. The van der Waals surface area contributed by atoms with E-state index in [-0.39, 0.29) is 5.91 Å². The number of hydrogen-bond acceptors (Lipinski definition) is 7. The minimum atomic E-state index is 0.0706. The zero-order valence-electron chi connectivity index (χ0n) is 11.9. The van der Waals surface area contributed by atoms with Crippen LogP contribution in [0.2, 0.25) is 0 Å². The fourth-order valence-electron chi connectivity index (χ4n) is 1.75. The first-order valence-electron chi connectivity index (χ1n) is 6.67. The number of hydrogen-bond donors (Lipinski definition) is 0. The van der Waals surface area contributed by atoms with Crippen LogP contribution in [0.25, 0.3) is 0 Å². The number of rotatable bonds is 6. The van der Waals surface area contributed by atoms with E-state index in [1.165, 1.54) is 11.3 Å². The number of aromatic nitrogens is 5. The zero-order chi connectivity index (χ0) is 14.8. The summed E-state index contributed by atoms with van der Waals surface area (Å²) < 4.78 is 1.90. The molecule has 0 aromatic carbocycles. The molecule has 9 heteroatoms. The molecule has 2 aromatic rings. The van der Waals surface area contributed by atoms with Crippen molar-refractivity contribution in [2.24, 2.45) is 0 Å². The van der Waals surface area contributed by atoms with Gasteiger partial charge in [-0.15, -0.1) is 16.4 Å². The Hall–Kier alpha value is -1.48. The lowest BCUT2D eigenvalue weighted by molar-refractivity contribution is -0.127. The van der Waals surface area contributed by atoms with Gasteiger partial charge in [-0.3, -0.25) is 4.79 Å². The topological polar surface area (TPSA) is 76.8 Å². The summed E-state index contributed by atoms with van der Waals surface area (Å²) in [5.41, 5.74) is 0.969. The molecule has 2 aromatic heterocycles. The summed E-state index contributed by atoms with van der Waals surface area (Å²) in [5, 5.41) is 15.5. The van der Waals surface area contributed by atoms with Gasteiger partial charge in [0.2, 0.25) is 11.1 Å². The summed E-state index contributed by atoms with van der Waals surface area (Å²) in [6, 6.07) is 0.478. The molecule has 0 N–H and O–H groups in total. The molecule has 0 bridgehead atoms. The molecule has 1 aliphatic rings. The quantitative estimate of drug-likeness (QED) is 0.747. The predicted octanol–water partition coefficient (Wildman–Crippen LogP) is 1.39. The molecule has 0 unspecified atom stereocenters. The summed E-state index contributed by atoms with van der Waals surface area (Å²) in [6.45, 7) is 0. The van der Waals surface area contributed by atoms with E-state index in [0.717, 1.165) is 34.5 Å². The molecule has 0 atom stereocenters. The van der Waals surface area contributed by atoms with Crippen LogP contribution in [-0.4, -0.2) is 50.1 Å². The van der Waals surface area contributed by atoms with E-state index in [4.69, 9.17) is 0 Å². The summed E-state index contributed by atoms with van der Waals surface area (Å²) >= 11 is 3.11. The zero-order valence-corrected chi connectivity index (χ0v) is 13.5. The molecule has 1 amide bonds. The highest BCUT2D eigenvalue weighted by Gasteiger charge is 2.27. The summed E-state index contributed by atoms with van der Waals surface area (Å²) in [6.07, 6.45) is 2.68. The van der Waals surface area contributed by atoms with Gasteiger partial charge in [-0.2, -0.15) is 0 Å². The molecule has 0 radical (unpaired) electrons. The molecule has 3 rings (SSSR count). The lowest BCUT2D eigenvalue weighted by Crippen LogP contribution is -2.23. The monoisotopic (exact) mass is 324 g/mol. The van der Waals surface area contributed by atoms with Crippen LogP contribution in [-0.2, 0) is 17.0 Å². The SMILES string of the molecule is CN(C)C(=O)Cc1nc(CSc2nnnn2C2CC2)cs1. The van der Waals surface area contributed by atoms with Crippen molar-refractivity contribution >= 4 is 29.0 Å². The summed E-state index contributed by atoms with van der Waals surface area (Å²) in [4.78, 5) is 17.7. The number of thiazole rings is 1. The minimum Gasteiger partial charge on any atom is -0.348 e. The molecule has 0 spiro atoms. The minimum absolute atomic E-state index is 0.0706. The maximum absolute atomic E-state index is 11.7. The normalized spacial score (nSPS) is 14.4. The van der Waals surface area contributed by atoms with E-state index >= 15 is 0 Å². The number of thioether (sulfide) groups is 1. The van der Waals surface area contributed by atoms with E-state index in [1.54, 1.807) is 30.8 Å².